The fourth-order valence-electron chi connectivity index (χ4n) is 3.81. The Kier molecular flexibility index (Phi) is 3.52. The van der Waals surface area contributed by atoms with E-state index in [1.807, 2.05) is 41.4 Å². The van der Waals surface area contributed by atoms with Crippen LogP contribution in [0.25, 0.3) is 5.69 Å². The van der Waals surface area contributed by atoms with Crippen LogP contribution in [-0.2, 0) is 0 Å². The minimum atomic E-state index is 0.157. The van der Waals surface area contributed by atoms with E-state index < -0.39 is 0 Å². The Bertz CT molecular complexity index is 730. The monoisotopic (exact) mass is 307 g/mol. The zero-order chi connectivity index (χ0) is 15.8. The third-order valence-electron chi connectivity index (χ3n) is 5.10. The molecule has 0 N–H and O–H groups in total. The van der Waals surface area contributed by atoms with Crippen molar-refractivity contribution in [1.82, 2.24) is 14.7 Å². The minimum absolute atomic E-state index is 0.157. The number of amides is 1. The van der Waals surface area contributed by atoms with Crippen molar-refractivity contribution < 1.29 is 4.79 Å². The lowest BCUT2D eigenvalue weighted by Gasteiger charge is -2.21. The molecule has 4 nitrogen and oxygen atoms in total. The zero-order valence-corrected chi connectivity index (χ0v) is 13.4. The van der Waals surface area contributed by atoms with Gasteiger partial charge < -0.3 is 4.90 Å². The Morgan fingerprint density at radius 1 is 1.17 bits per heavy atom. The van der Waals surface area contributed by atoms with Crippen molar-refractivity contribution in [3.8, 4) is 5.69 Å². The maximum Gasteiger partial charge on any atom is 0.253 e. The van der Waals surface area contributed by atoms with Gasteiger partial charge in [0, 0.05) is 31.0 Å². The molecule has 2 aromatic rings. The third-order valence-corrected chi connectivity index (χ3v) is 5.10. The summed E-state index contributed by atoms with van der Waals surface area (Å²) in [5.41, 5.74) is 3.22. The van der Waals surface area contributed by atoms with Crippen LogP contribution in [0, 0.1) is 11.8 Å². The van der Waals surface area contributed by atoms with E-state index in [2.05, 4.69) is 18.1 Å². The summed E-state index contributed by atoms with van der Waals surface area (Å²) in [7, 11) is 0. The van der Waals surface area contributed by atoms with Crippen LogP contribution in [0.2, 0.25) is 0 Å². The largest absolute Gasteiger partial charge is 0.338 e. The summed E-state index contributed by atoms with van der Waals surface area (Å²) in [6.07, 6.45) is 8.26. The number of benzene rings is 1. The van der Waals surface area contributed by atoms with Crippen molar-refractivity contribution in [2.24, 2.45) is 11.8 Å². The Hall–Kier alpha value is -2.36. The molecule has 0 bridgehead atoms. The first kappa shape index (κ1) is 14.2. The molecule has 1 aliphatic heterocycles. The summed E-state index contributed by atoms with van der Waals surface area (Å²) >= 11 is 0. The first-order chi connectivity index (χ1) is 11.2. The molecule has 1 aliphatic carbocycles. The van der Waals surface area contributed by atoms with Gasteiger partial charge in [-0.25, -0.2) is 4.68 Å². The topological polar surface area (TPSA) is 38.1 Å². The molecule has 118 valence electrons. The summed E-state index contributed by atoms with van der Waals surface area (Å²) in [5, 5.41) is 4.21. The van der Waals surface area contributed by atoms with E-state index in [1.165, 1.54) is 5.57 Å². The Labute approximate surface area is 136 Å². The molecule has 4 rings (SSSR count). The van der Waals surface area contributed by atoms with E-state index in [0.717, 1.165) is 37.2 Å². The molecule has 4 heteroatoms. The van der Waals surface area contributed by atoms with Gasteiger partial charge in [0.05, 0.1) is 5.69 Å². The summed E-state index contributed by atoms with van der Waals surface area (Å²) in [6, 6.07) is 9.61. The predicted octanol–water partition coefficient (Wildman–Crippen LogP) is 3.30. The maximum atomic E-state index is 12.8. The van der Waals surface area contributed by atoms with Crippen LogP contribution in [0.3, 0.4) is 0 Å². The molecule has 2 heterocycles. The van der Waals surface area contributed by atoms with Crippen LogP contribution in [0.15, 0.2) is 54.4 Å². The van der Waals surface area contributed by atoms with Gasteiger partial charge in [0.2, 0.25) is 0 Å². The van der Waals surface area contributed by atoms with E-state index >= 15 is 0 Å². The van der Waals surface area contributed by atoms with Gasteiger partial charge >= 0.3 is 0 Å². The van der Waals surface area contributed by atoms with Crippen molar-refractivity contribution in [3.63, 3.8) is 0 Å². The van der Waals surface area contributed by atoms with E-state index in [0.29, 0.717) is 11.8 Å². The summed E-state index contributed by atoms with van der Waals surface area (Å²) in [5.74, 6) is 1.45. The lowest BCUT2D eigenvalue weighted by molar-refractivity contribution is 0.0784. The highest BCUT2D eigenvalue weighted by atomic mass is 16.2. The van der Waals surface area contributed by atoms with E-state index in [1.54, 1.807) is 10.9 Å². The number of hydrogen-bond donors (Lipinski definition) is 0. The summed E-state index contributed by atoms with van der Waals surface area (Å²) in [6.45, 7) is 4.00. The molecule has 23 heavy (non-hydrogen) atoms. The predicted molar refractivity (Wildman–Crippen MR) is 89.4 cm³/mol. The van der Waals surface area contributed by atoms with Gasteiger partial charge in [-0.05, 0) is 61.9 Å². The Balaban J connectivity index is 1.48. The number of carbonyl (C=O) groups is 1. The molecule has 1 fully saturated rings. The van der Waals surface area contributed by atoms with Gasteiger partial charge in [-0.2, -0.15) is 5.10 Å². The fourth-order valence-corrected chi connectivity index (χ4v) is 3.81. The SMILES string of the molecule is CC1=CC[C@H]2CN(C(=O)c3ccc(-n4cccn4)cc3)C[C@H]2C1. The molecule has 1 aromatic carbocycles. The molecule has 1 saturated heterocycles. The molecule has 0 spiro atoms. The van der Waals surface area contributed by atoms with E-state index in [9.17, 15) is 4.79 Å². The minimum Gasteiger partial charge on any atom is -0.338 e. The summed E-state index contributed by atoms with van der Waals surface area (Å²) < 4.78 is 1.80. The van der Waals surface area contributed by atoms with Crippen molar-refractivity contribution >= 4 is 5.91 Å². The smallest absolute Gasteiger partial charge is 0.253 e. The number of nitrogens with zero attached hydrogens (tertiary/aromatic N) is 3. The average Bonchev–Trinajstić information content (AvgIpc) is 3.23. The third kappa shape index (κ3) is 2.69. The van der Waals surface area contributed by atoms with Gasteiger partial charge in [-0.3, -0.25) is 4.79 Å². The molecule has 1 aromatic heterocycles. The molecule has 2 atom stereocenters. The molecular formula is C19H21N3O. The van der Waals surface area contributed by atoms with E-state index in [-0.39, 0.29) is 5.91 Å². The van der Waals surface area contributed by atoms with Crippen LogP contribution < -0.4 is 0 Å². The Morgan fingerprint density at radius 3 is 2.70 bits per heavy atom. The van der Waals surface area contributed by atoms with Gasteiger partial charge in [-0.1, -0.05) is 11.6 Å². The first-order valence-corrected chi connectivity index (χ1v) is 8.26. The number of hydrogen-bond acceptors (Lipinski definition) is 2. The van der Waals surface area contributed by atoms with Gasteiger partial charge in [0.1, 0.15) is 0 Å². The average molecular weight is 307 g/mol. The number of likely N-dealkylation sites (tertiary alicyclic amines) is 1. The van der Waals surface area contributed by atoms with Crippen molar-refractivity contribution in [3.05, 3.63) is 59.9 Å². The second-order valence-corrected chi connectivity index (χ2v) is 6.72. The quantitative estimate of drug-likeness (QED) is 0.798. The number of aromatic nitrogens is 2. The van der Waals surface area contributed by atoms with Gasteiger partial charge in [-0.15, -0.1) is 0 Å². The van der Waals surface area contributed by atoms with Crippen molar-refractivity contribution in [2.45, 2.75) is 19.8 Å². The van der Waals surface area contributed by atoms with Crippen LogP contribution in [0.4, 0.5) is 0 Å². The highest BCUT2D eigenvalue weighted by Crippen LogP contribution is 2.36. The second kappa shape index (κ2) is 5.69. The lowest BCUT2D eigenvalue weighted by Crippen LogP contribution is -2.29. The van der Waals surface area contributed by atoms with Crippen LogP contribution in [-0.4, -0.2) is 33.7 Å². The molecule has 0 radical (unpaired) electrons. The van der Waals surface area contributed by atoms with Crippen molar-refractivity contribution in [1.29, 1.82) is 0 Å². The van der Waals surface area contributed by atoms with Gasteiger partial charge in [0.25, 0.3) is 5.91 Å². The highest BCUT2D eigenvalue weighted by molar-refractivity contribution is 5.94. The fraction of sp³-hybridized carbons (Fsp3) is 0.368. The second-order valence-electron chi connectivity index (χ2n) is 6.72. The molecule has 1 amide bonds. The van der Waals surface area contributed by atoms with Crippen LogP contribution >= 0.6 is 0 Å². The highest BCUT2D eigenvalue weighted by Gasteiger charge is 2.36. The number of carbonyl (C=O) groups excluding carboxylic acids is 1. The molecule has 2 aliphatic rings. The maximum absolute atomic E-state index is 12.8. The van der Waals surface area contributed by atoms with E-state index in [4.69, 9.17) is 0 Å². The first-order valence-electron chi connectivity index (χ1n) is 8.26. The molecule has 0 saturated carbocycles. The number of rotatable bonds is 2. The Morgan fingerprint density at radius 2 is 1.96 bits per heavy atom. The number of fused-ring (bicyclic) bond motifs is 1. The summed E-state index contributed by atoms with van der Waals surface area (Å²) in [4.78, 5) is 14.8. The van der Waals surface area contributed by atoms with Crippen LogP contribution in [0.5, 0.6) is 0 Å². The lowest BCUT2D eigenvalue weighted by atomic mass is 9.83. The van der Waals surface area contributed by atoms with Crippen LogP contribution in [0.1, 0.15) is 30.1 Å². The number of allylic oxidation sites excluding steroid dienone is 2. The molecular weight excluding hydrogens is 286 g/mol. The standard InChI is InChI=1S/C19H21N3O/c1-14-3-4-16-12-21(13-17(16)11-14)19(23)15-5-7-18(8-6-15)22-10-2-9-20-22/h2-3,5-10,16-17H,4,11-13H2,1H3/t16-,17+/m0/s1. The zero-order valence-electron chi connectivity index (χ0n) is 13.4. The molecule has 0 unspecified atom stereocenters. The van der Waals surface area contributed by atoms with Gasteiger partial charge in [0.15, 0.2) is 0 Å². The van der Waals surface area contributed by atoms with Crippen molar-refractivity contribution in [2.75, 3.05) is 13.1 Å². The normalized spacial score (nSPS) is 23.5.